The monoisotopic (exact) mass is 252 g/mol. The molecule has 1 aliphatic rings. The Kier molecular flexibility index (Phi) is 4.60. The average Bonchev–Trinajstić information content (AvgIpc) is 2.82. The van der Waals surface area contributed by atoms with Crippen molar-refractivity contribution >= 4 is 11.3 Å². The Morgan fingerprint density at radius 3 is 2.82 bits per heavy atom. The van der Waals surface area contributed by atoms with Crippen molar-refractivity contribution in [1.82, 2.24) is 5.43 Å². The van der Waals surface area contributed by atoms with Gasteiger partial charge in [0.1, 0.15) is 0 Å². The lowest BCUT2D eigenvalue weighted by Gasteiger charge is -2.36. The third-order valence-corrected chi connectivity index (χ3v) is 5.19. The first-order chi connectivity index (χ1) is 8.20. The van der Waals surface area contributed by atoms with E-state index in [2.05, 4.69) is 36.1 Å². The highest BCUT2D eigenvalue weighted by atomic mass is 32.1. The van der Waals surface area contributed by atoms with E-state index in [1.807, 2.05) is 0 Å². The van der Waals surface area contributed by atoms with Crippen LogP contribution in [0.4, 0.5) is 0 Å². The molecule has 0 spiro atoms. The fourth-order valence-corrected chi connectivity index (χ4v) is 3.66. The Bertz CT molecular complexity index is 323. The second-order valence-corrected chi connectivity index (χ2v) is 6.42. The van der Waals surface area contributed by atoms with E-state index in [0.717, 1.165) is 24.2 Å². The minimum atomic E-state index is 0.444. The van der Waals surface area contributed by atoms with Crippen molar-refractivity contribution in [3.05, 3.63) is 22.4 Å². The first kappa shape index (κ1) is 13.1. The van der Waals surface area contributed by atoms with Gasteiger partial charge in [-0.25, -0.2) is 0 Å². The van der Waals surface area contributed by atoms with Gasteiger partial charge in [0.25, 0.3) is 0 Å². The quantitative estimate of drug-likeness (QED) is 0.638. The topological polar surface area (TPSA) is 38.0 Å². The van der Waals surface area contributed by atoms with Crippen LogP contribution in [-0.2, 0) is 6.42 Å². The van der Waals surface area contributed by atoms with Gasteiger partial charge in [0.2, 0.25) is 0 Å². The molecule has 4 unspecified atom stereocenters. The smallest absolute Gasteiger partial charge is 0.0279 e. The van der Waals surface area contributed by atoms with E-state index in [4.69, 9.17) is 5.84 Å². The molecule has 17 heavy (non-hydrogen) atoms. The highest BCUT2D eigenvalue weighted by molar-refractivity contribution is 7.07. The van der Waals surface area contributed by atoms with Crippen LogP contribution in [0.3, 0.4) is 0 Å². The lowest BCUT2D eigenvalue weighted by Crippen LogP contribution is -2.44. The second kappa shape index (κ2) is 5.98. The highest BCUT2D eigenvalue weighted by Crippen LogP contribution is 2.35. The second-order valence-electron chi connectivity index (χ2n) is 5.64. The summed E-state index contributed by atoms with van der Waals surface area (Å²) < 4.78 is 0. The Balaban J connectivity index is 1.94. The normalized spacial score (nSPS) is 31.4. The maximum atomic E-state index is 5.75. The predicted molar refractivity (Wildman–Crippen MR) is 74.8 cm³/mol. The maximum absolute atomic E-state index is 5.75. The molecule has 96 valence electrons. The minimum Gasteiger partial charge on any atom is -0.271 e. The van der Waals surface area contributed by atoms with Crippen LogP contribution in [0.1, 0.15) is 38.7 Å². The summed E-state index contributed by atoms with van der Waals surface area (Å²) in [5.41, 5.74) is 4.47. The molecule has 1 aromatic rings. The molecule has 1 aromatic heterocycles. The zero-order valence-electron chi connectivity index (χ0n) is 10.9. The molecule has 1 aliphatic carbocycles. The van der Waals surface area contributed by atoms with Crippen LogP contribution in [-0.4, -0.2) is 6.04 Å². The highest BCUT2D eigenvalue weighted by Gasteiger charge is 2.29. The summed E-state index contributed by atoms with van der Waals surface area (Å²) in [4.78, 5) is 0. The zero-order chi connectivity index (χ0) is 12.3. The molecular weight excluding hydrogens is 228 g/mol. The molecule has 3 N–H and O–H groups in total. The molecule has 2 rings (SSSR count). The van der Waals surface area contributed by atoms with Gasteiger partial charge in [0.05, 0.1) is 0 Å². The third kappa shape index (κ3) is 3.30. The molecule has 0 bridgehead atoms. The number of rotatable bonds is 4. The van der Waals surface area contributed by atoms with Gasteiger partial charge in [-0.15, -0.1) is 0 Å². The SMILES string of the molecule is CC1CCC(C(Cc2ccsc2)NN)CC1C. The van der Waals surface area contributed by atoms with Crippen molar-refractivity contribution in [1.29, 1.82) is 0 Å². The molecule has 0 amide bonds. The van der Waals surface area contributed by atoms with Gasteiger partial charge in [-0.1, -0.05) is 20.3 Å². The van der Waals surface area contributed by atoms with Gasteiger partial charge in [0.15, 0.2) is 0 Å². The molecular formula is C14H24N2S. The van der Waals surface area contributed by atoms with E-state index in [1.165, 1.54) is 24.8 Å². The summed E-state index contributed by atoms with van der Waals surface area (Å²) >= 11 is 1.77. The van der Waals surface area contributed by atoms with Gasteiger partial charge in [-0.3, -0.25) is 11.3 Å². The van der Waals surface area contributed by atoms with E-state index in [-0.39, 0.29) is 0 Å². The summed E-state index contributed by atoms with van der Waals surface area (Å²) in [6.07, 6.45) is 5.07. The Hall–Kier alpha value is -0.380. The molecule has 0 saturated heterocycles. The number of nitrogens with two attached hydrogens (primary N) is 1. The minimum absolute atomic E-state index is 0.444. The van der Waals surface area contributed by atoms with Crippen LogP contribution in [0.2, 0.25) is 0 Å². The summed E-state index contributed by atoms with van der Waals surface area (Å²) in [6.45, 7) is 4.76. The molecule has 1 heterocycles. The van der Waals surface area contributed by atoms with Crippen molar-refractivity contribution in [3.63, 3.8) is 0 Å². The van der Waals surface area contributed by atoms with Crippen LogP contribution in [0.15, 0.2) is 16.8 Å². The van der Waals surface area contributed by atoms with Crippen molar-refractivity contribution < 1.29 is 0 Å². The fourth-order valence-electron chi connectivity index (χ4n) is 2.98. The van der Waals surface area contributed by atoms with Crippen LogP contribution in [0.5, 0.6) is 0 Å². The molecule has 0 aromatic carbocycles. The number of nitrogens with one attached hydrogen (secondary N) is 1. The lowest BCUT2D eigenvalue weighted by atomic mass is 9.72. The predicted octanol–water partition coefficient (Wildman–Crippen LogP) is 3.19. The number of hydrazine groups is 1. The van der Waals surface area contributed by atoms with Gasteiger partial charge in [-0.05, 0) is 59.4 Å². The lowest BCUT2D eigenvalue weighted by molar-refractivity contribution is 0.170. The molecule has 1 saturated carbocycles. The molecule has 2 nitrogen and oxygen atoms in total. The fraction of sp³-hybridized carbons (Fsp3) is 0.714. The van der Waals surface area contributed by atoms with Crippen LogP contribution >= 0.6 is 11.3 Å². The van der Waals surface area contributed by atoms with Gasteiger partial charge >= 0.3 is 0 Å². The molecule has 1 fully saturated rings. The maximum Gasteiger partial charge on any atom is 0.0279 e. The van der Waals surface area contributed by atoms with E-state index in [0.29, 0.717) is 6.04 Å². The van der Waals surface area contributed by atoms with E-state index >= 15 is 0 Å². The zero-order valence-corrected chi connectivity index (χ0v) is 11.7. The van der Waals surface area contributed by atoms with Crippen LogP contribution in [0, 0.1) is 17.8 Å². The van der Waals surface area contributed by atoms with E-state index in [1.54, 1.807) is 11.3 Å². The largest absolute Gasteiger partial charge is 0.271 e. The molecule has 4 atom stereocenters. The standard InChI is InChI=1S/C14H24N2S/c1-10-3-4-13(7-11(10)2)14(16-15)8-12-5-6-17-9-12/h5-6,9-11,13-14,16H,3-4,7-8,15H2,1-2H3. The van der Waals surface area contributed by atoms with Crippen LogP contribution in [0.25, 0.3) is 0 Å². The number of thiophene rings is 1. The van der Waals surface area contributed by atoms with Crippen molar-refractivity contribution in [2.75, 3.05) is 0 Å². The van der Waals surface area contributed by atoms with Crippen molar-refractivity contribution in [2.45, 2.75) is 45.6 Å². The molecule has 0 radical (unpaired) electrons. The average molecular weight is 252 g/mol. The number of hydrogen-bond acceptors (Lipinski definition) is 3. The summed E-state index contributed by atoms with van der Waals surface area (Å²) in [5, 5.41) is 4.38. The van der Waals surface area contributed by atoms with Crippen molar-refractivity contribution in [3.8, 4) is 0 Å². The summed E-state index contributed by atoms with van der Waals surface area (Å²) in [7, 11) is 0. The summed E-state index contributed by atoms with van der Waals surface area (Å²) in [6, 6.07) is 2.66. The van der Waals surface area contributed by atoms with Crippen molar-refractivity contribution in [2.24, 2.45) is 23.6 Å². The molecule has 3 heteroatoms. The van der Waals surface area contributed by atoms with Gasteiger partial charge in [-0.2, -0.15) is 11.3 Å². The van der Waals surface area contributed by atoms with Crippen LogP contribution < -0.4 is 11.3 Å². The Morgan fingerprint density at radius 2 is 2.24 bits per heavy atom. The van der Waals surface area contributed by atoms with E-state index in [9.17, 15) is 0 Å². The summed E-state index contributed by atoms with van der Waals surface area (Å²) in [5.74, 6) is 8.22. The third-order valence-electron chi connectivity index (χ3n) is 4.46. The Labute approximate surface area is 109 Å². The van der Waals surface area contributed by atoms with Gasteiger partial charge in [0, 0.05) is 6.04 Å². The Morgan fingerprint density at radius 1 is 1.41 bits per heavy atom. The molecule has 0 aliphatic heterocycles. The first-order valence-corrected chi connectivity index (χ1v) is 7.62. The number of hydrogen-bond donors (Lipinski definition) is 2. The first-order valence-electron chi connectivity index (χ1n) is 6.68. The van der Waals surface area contributed by atoms with Gasteiger partial charge < -0.3 is 0 Å². The van der Waals surface area contributed by atoms with E-state index < -0.39 is 0 Å².